The number of Topliss-reactive ketones (excluding diaryl/α,β-unsaturated/α-hetero) is 1. The van der Waals surface area contributed by atoms with Gasteiger partial charge in [-0.1, -0.05) is 6.92 Å². The van der Waals surface area contributed by atoms with Crippen LogP contribution in [-0.4, -0.2) is 17.9 Å². The molecule has 0 spiro atoms. The van der Waals surface area contributed by atoms with E-state index in [1.807, 2.05) is 13.8 Å². The molecular weight excluding hydrogens is 164 g/mol. The summed E-state index contributed by atoms with van der Waals surface area (Å²) >= 11 is 0. The zero-order chi connectivity index (χ0) is 9.84. The Morgan fingerprint density at radius 1 is 1.62 bits per heavy atom. The Balaban J connectivity index is 2.51. The van der Waals surface area contributed by atoms with Crippen LogP contribution in [0.1, 0.15) is 33.1 Å². The van der Waals surface area contributed by atoms with Crippen molar-refractivity contribution in [1.29, 1.82) is 5.26 Å². The first kappa shape index (κ1) is 10.2. The van der Waals surface area contributed by atoms with Crippen LogP contribution in [0.25, 0.3) is 0 Å². The zero-order valence-corrected chi connectivity index (χ0v) is 8.21. The van der Waals surface area contributed by atoms with E-state index in [4.69, 9.17) is 5.26 Å². The second kappa shape index (κ2) is 4.38. The number of nitrogens with one attached hydrogen (secondary N) is 1. The fraction of sp³-hybridized carbons (Fsp3) is 0.800. The van der Waals surface area contributed by atoms with Gasteiger partial charge in [-0.15, -0.1) is 0 Å². The third kappa shape index (κ3) is 2.53. The summed E-state index contributed by atoms with van der Waals surface area (Å²) in [6, 6.07) is 2.59. The fourth-order valence-corrected chi connectivity index (χ4v) is 1.83. The Kier molecular flexibility index (Phi) is 3.44. The fourth-order valence-electron chi connectivity index (χ4n) is 1.83. The van der Waals surface area contributed by atoms with Gasteiger partial charge in [-0.3, -0.25) is 4.79 Å². The van der Waals surface area contributed by atoms with Gasteiger partial charge in [0.05, 0.1) is 6.07 Å². The van der Waals surface area contributed by atoms with E-state index in [2.05, 4.69) is 11.4 Å². The highest BCUT2D eigenvalue weighted by Gasteiger charge is 2.30. The highest BCUT2D eigenvalue weighted by atomic mass is 16.1. The highest BCUT2D eigenvalue weighted by Crippen LogP contribution is 2.19. The third-order valence-corrected chi connectivity index (χ3v) is 2.68. The van der Waals surface area contributed by atoms with Gasteiger partial charge < -0.3 is 5.32 Å². The maximum absolute atomic E-state index is 11.5. The van der Waals surface area contributed by atoms with Crippen molar-refractivity contribution in [3.63, 3.8) is 0 Å². The first-order valence-corrected chi connectivity index (χ1v) is 4.81. The molecule has 13 heavy (non-hydrogen) atoms. The van der Waals surface area contributed by atoms with Crippen LogP contribution in [0.4, 0.5) is 0 Å². The van der Waals surface area contributed by atoms with Gasteiger partial charge in [0, 0.05) is 30.8 Å². The number of nitriles is 1. The molecule has 0 bridgehead atoms. The molecule has 72 valence electrons. The summed E-state index contributed by atoms with van der Waals surface area (Å²) in [7, 11) is 0. The Labute approximate surface area is 79.1 Å². The van der Waals surface area contributed by atoms with E-state index in [9.17, 15) is 4.79 Å². The van der Waals surface area contributed by atoms with E-state index in [1.165, 1.54) is 0 Å². The van der Waals surface area contributed by atoms with E-state index in [0.717, 1.165) is 6.42 Å². The van der Waals surface area contributed by atoms with E-state index < -0.39 is 0 Å². The molecule has 3 unspecified atom stereocenters. The summed E-state index contributed by atoms with van der Waals surface area (Å²) in [6.45, 7) is 3.96. The molecule has 3 heteroatoms. The zero-order valence-electron chi connectivity index (χ0n) is 8.21. The van der Waals surface area contributed by atoms with Gasteiger partial charge in [0.1, 0.15) is 5.78 Å². The molecule has 3 nitrogen and oxygen atoms in total. The molecule has 1 aliphatic heterocycles. The number of nitrogens with zero attached hydrogens (tertiary/aromatic N) is 1. The van der Waals surface area contributed by atoms with Gasteiger partial charge in [-0.25, -0.2) is 0 Å². The van der Waals surface area contributed by atoms with E-state index >= 15 is 0 Å². The number of carbonyl (C=O) groups is 1. The summed E-state index contributed by atoms with van der Waals surface area (Å²) < 4.78 is 0. The standard InChI is InChI=1S/C10H16N2O/c1-7-6-10(13)8(2)9(12-7)4-3-5-11/h7-9,12H,3-4,6H2,1-2H3. The van der Waals surface area contributed by atoms with Crippen LogP contribution in [0, 0.1) is 17.2 Å². The van der Waals surface area contributed by atoms with Gasteiger partial charge in [0.25, 0.3) is 0 Å². The van der Waals surface area contributed by atoms with Crippen molar-refractivity contribution in [2.45, 2.75) is 45.2 Å². The van der Waals surface area contributed by atoms with Crippen molar-refractivity contribution in [2.24, 2.45) is 5.92 Å². The minimum absolute atomic E-state index is 0.0737. The van der Waals surface area contributed by atoms with Gasteiger partial charge in [-0.2, -0.15) is 5.26 Å². The number of rotatable bonds is 2. The maximum atomic E-state index is 11.5. The topological polar surface area (TPSA) is 52.9 Å². The van der Waals surface area contributed by atoms with Crippen molar-refractivity contribution in [3.05, 3.63) is 0 Å². The molecule has 1 aliphatic rings. The van der Waals surface area contributed by atoms with Gasteiger partial charge in [0.15, 0.2) is 0 Å². The van der Waals surface area contributed by atoms with Crippen LogP contribution >= 0.6 is 0 Å². The van der Waals surface area contributed by atoms with Crippen molar-refractivity contribution in [1.82, 2.24) is 5.32 Å². The monoisotopic (exact) mass is 180 g/mol. The van der Waals surface area contributed by atoms with Crippen molar-refractivity contribution in [2.75, 3.05) is 0 Å². The predicted molar refractivity (Wildman–Crippen MR) is 50.0 cm³/mol. The average Bonchev–Trinajstić information content (AvgIpc) is 2.09. The third-order valence-electron chi connectivity index (χ3n) is 2.68. The second-order valence-corrected chi connectivity index (χ2v) is 3.83. The number of carbonyl (C=O) groups excluding carboxylic acids is 1. The molecule has 3 atom stereocenters. The number of hydrogen-bond donors (Lipinski definition) is 1. The molecule has 1 N–H and O–H groups in total. The normalized spacial score (nSPS) is 34.2. The molecule has 0 radical (unpaired) electrons. The summed E-state index contributed by atoms with van der Waals surface area (Å²) in [5, 5.41) is 11.8. The summed E-state index contributed by atoms with van der Waals surface area (Å²) in [5.41, 5.74) is 0. The second-order valence-electron chi connectivity index (χ2n) is 3.83. The van der Waals surface area contributed by atoms with Crippen LogP contribution < -0.4 is 5.32 Å². The summed E-state index contributed by atoms with van der Waals surface area (Å²) in [4.78, 5) is 11.5. The molecule has 0 aromatic carbocycles. The molecule has 1 fully saturated rings. The molecule has 1 heterocycles. The van der Waals surface area contributed by atoms with Gasteiger partial charge >= 0.3 is 0 Å². The quantitative estimate of drug-likeness (QED) is 0.695. The molecular formula is C10H16N2O. The summed E-state index contributed by atoms with van der Waals surface area (Å²) in [5.74, 6) is 0.402. The largest absolute Gasteiger partial charge is 0.310 e. The Morgan fingerprint density at radius 2 is 2.31 bits per heavy atom. The Hall–Kier alpha value is -0.880. The molecule has 1 rings (SSSR count). The van der Waals surface area contributed by atoms with E-state index in [1.54, 1.807) is 0 Å². The smallest absolute Gasteiger partial charge is 0.138 e. The Bertz CT molecular complexity index is 232. The number of piperidine rings is 1. The van der Waals surface area contributed by atoms with E-state index in [-0.39, 0.29) is 18.0 Å². The lowest BCUT2D eigenvalue weighted by atomic mass is 9.86. The molecule has 0 amide bonds. The summed E-state index contributed by atoms with van der Waals surface area (Å²) in [6.07, 6.45) is 1.94. The van der Waals surface area contributed by atoms with Crippen LogP contribution in [-0.2, 0) is 4.79 Å². The van der Waals surface area contributed by atoms with E-state index in [0.29, 0.717) is 18.6 Å². The van der Waals surface area contributed by atoms with Crippen molar-refractivity contribution < 1.29 is 4.79 Å². The average molecular weight is 180 g/mol. The molecule has 0 aromatic heterocycles. The Morgan fingerprint density at radius 3 is 2.92 bits per heavy atom. The highest BCUT2D eigenvalue weighted by molar-refractivity contribution is 5.82. The number of ketones is 1. The lowest BCUT2D eigenvalue weighted by Gasteiger charge is -2.32. The first-order chi connectivity index (χ1) is 6.15. The minimum atomic E-state index is 0.0737. The molecule has 0 saturated carbocycles. The number of hydrogen-bond acceptors (Lipinski definition) is 3. The van der Waals surface area contributed by atoms with Crippen LogP contribution in [0.3, 0.4) is 0 Å². The SMILES string of the molecule is CC1CC(=O)C(C)C(CCC#N)N1. The molecule has 0 aromatic rings. The molecule has 0 aliphatic carbocycles. The lowest BCUT2D eigenvalue weighted by Crippen LogP contribution is -2.49. The van der Waals surface area contributed by atoms with Crippen LogP contribution in [0.15, 0.2) is 0 Å². The van der Waals surface area contributed by atoms with Crippen molar-refractivity contribution >= 4 is 5.78 Å². The van der Waals surface area contributed by atoms with Crippen molar-refractivity contribution in [3.8, 4) is 6.07 Å². The van der Waals surface area contributed by atoms with Gasteiger partial charge in [-0.05, 0) is 13.3 Å². The first-order valence-electron chi connectivity index (χ1n) is 4.81. The maximum Gasteiger partial charge on any atom is 0.138 e. The predicted octanol–water partition coefficient (Wildman–Crippen LogP) is 1.25. The van der Waals surface area contributed by atoms with Crippen LogP contribution in [0.2, 0.25) is 0 Å². The minimum Gasteiger partial charge on any atom is -0.310 e. The van der Waals surface area contributed by atoms with Crippen LogP contribution in [0.5, 0.6) is 0 Å². The van der Waals surface area contributed by atoms with Gasteiger partial charge in [0.2, 0.25) is 0 Å². The molecule has 1 saturated heterocycles. The lowest BCUT2D eigenvalue weighted by molar-refractivity contribution is -0.125.